The largest absolute Gasteiger partial charge is 0.444 e. The van der Waals surface area contributed by atoms with E-state index in [9.17, 15) is 14.4 Å². The summed E-state index contributed by atoms with van der Waals surface area (Å²) < 4.78 is 5.25. The highest BCUT2D eigenvalue weighted by molar-refractivity contribution is 5.93. The molecule has 0 bridgehead atoms. The molecule has 2 rings (SSSR count). The molecule has 0 radical (unpaired) electrons. The Morgan fingerprint density at radius 1 is 1.12 bits per heavy atom. The van der Waals surface area contributed by atoms with Gasteiger partial charge in [0.2, 0.25) is 5.91 Å². The number of rotatable bonds is 6. The number of hydrogen-bond donors (Lipinski definition) is 2. The maximum atomic E-state index is 13.5. The van der Waals surface area contributed by atoms with Crippen molar-refractivity contribution < 1.29 is 19.1 Å². The molecule has 1 fully saturated rings. The minimum absolute atomic E-state index is 0.0603. The van der Waals surface area contributed by atoms with E-state index in [1.807, 2.05) is 32.0 Å². The summed E-state index contributed by atoms with van der Waals surface area (Å²) in [6.45, 7) is 10.5. The van der Waals surface area contributed by atoms with Crippen LogP contribution in [0.25, 0.3) is 0 Å². The van der Waals surface area contributed by atoms with Crippen molar-refractivity contribution in [3.05, 3.63) is 34.9 Å². The van der Waals surface area contributed by atoms with Gasteiger partial charge in [0.15, 0.2) is 0 Å². The van der Waals surface area contributed by atoms with Crippen molar-refractivity contribution in [2.24, 2.45) is 0 Å². The highest BCUT2D eigenvalue weighted by Gasteiger charge is 2.36. The Morgan fingerprint density at radius 3 is 2.21 bits per heavy atom. The van der Waals surface area contributed by atoms with Crippen LogP contribution in [0, 0.1) is 26.3 Å². The molecule has 0 aromatic heterocycles. The molecule has 1 aromatic carbocycles. The first-order valence-corrected chi connectivity index (χ1v) is 11.6. The van der Waals surface area contributed by atoms with Gasteiger partial charge in [0, 0.05) is 12.1 Å². The number of amides is 3. The number of nitrogens with one attached hydrogen (secondary N) is 2. The Bertz CT molecular complexity index is 887. The van der Waals surface area contributed by atoms with Crippen LogP contribution in [-0.4, -0.2) is 40.5 Å². The molecule has 1 aliphatic rings. The smallest absolute Gasteiger partial charge is 0.408 e. The topological polar surface area (TPSA) is 87.7 Å². The van der Waals surface area contributed by atoms with Crippen LogP contribution in [0.2, 0.25) is 0 Å². The number of carbonyl (C=O) groups is 3. The zero-order valence-corrected chi connectivity index (χ0v) is 20.7. The van der Waals surface area contributed by atoms with Crippen LogP contribution in [0.15, 0.2) is 18.2 Å². The summed E-state index contributed by atoms with van der Waals surface area (Å²) in [5.74, 6) is -0.870. The fourth-order valence-corrected chi connectivity index (χ4v) is 4.18. The maximum absolute atomic E-state index is 13.5. The SMILES string of the molecule is C#CN(C(=O)C(C)NC(=O)OC(C)(C)C)C(C(=O)NC1CCCCC1)c1c(C)cccc1C. The van der Waals surface area contributed by atoms with Crippen LogP contribution >= 0.6 is 0 Å². The summed E-state index contributed by atoms with van der Waals surface area (Å²) in [4.78, 5) is 40.2. The Balaban J connectivity index is 2.34. The molecule has 0 saturated heterocycles. The number of benzene rings is 1. The fraction of sp³-hybridized carbons (Fsp3) is 0.577. The first-order valence-electron chi connectivity index (χ1n) is 11.6. The summed E-state index contributed by atoms with van der Waals surface area (Å²) in [6.07, 6.45) is 10.2. The van der Waals surface area contributed by atoms with Crippen molar-refractivity contribution in [2.45, 2.75) is 97.4 Å². The predicted molar refractivity (Wildman–Crippen MR) is 128 cm³/mol. The second-order valence-electron chi connectivity index (χ2n) is 9.76. The number of alkyl carbamates (subject to hydrolysis) is 1. The van der Waals surface area contributed by atoms with Gasteiger partial charge in [0.1, 0.15) is 17.7 Å². The lowest BCUT2D eigenvalue weighted by molar-refractivity contribution is -0.138. The standard InChI is InChI=1S/C26H37N3O4/c1-8-29(24(31)19(4)27-25(32)33-26(5,6)7)22(21-17(2)13-12-14-18(21)3)23(30)28-20-15-10-9-11-16-20/h1,12-14,19-20,22H,9-11,15-16H2,2-7H3,(H,27,32)(H,28,30). The van der Waals surface area contributed by atoms with Gasteiger partial charge in [-0.05, 0) is 71.1 Å². The van der Waals surface area contributed by atoms with Gasteiger partial charge in [-0.2, -0.15) is 0 Å². The van der Waals surface area contributed by atoms with E-state index in [2.05, 4.69) is 16.7 Å². The highest BCUT2D eigenvalue weighted by atomic mass is 16.6. The molecule has 2 unspecified atom stereocenters. The van der Waals surface area contributed by atoms with Crippen molar-refractivity contribution >= 4 is 17.9 Å². The number of terminal acetylenes is 1. The average molecular weight is 456 g/mol. The predicted octanol–water partition coefficient (Wildman–Crippen LogP) is 4.13. The lowest BCUT2D eigenvalue weighted by atomic mass is 9.92. The van der Waals surface area contributed by atoms with Gasteiger partial charge in [-0.25, -0.2) is 4.79 Å². The van der Waals surface area contributed by atoms with E-state index in [4.69, 9.17) is 11.2 Å². The number of hydrogen-bond acceptors (Lipinski definition) is 4. The maximum Gasteiger partial charge on any atom is 0.408 e. The molecule has 1 aromatic rings. The van der Waals surface area contributed by atoms with Crippen molar-refractivity contribution in [1.82, 2.24) is 15.5 Å². The Kier molecular flexibility index (Phi) is 8.92. The van der Waals surface area contributed by atoms with E-state index in [1.165, 1.54) is 6.92 Å². The van der Waals surface area contributed by atoms with Crippen molar-refractivity contribution in [1.29, 1.82) is 0 Å². The molecule has 0 heterocycles. The van der Waals surface area contributed by atoms with E-state index in [0.29, 0.717) is 5.56 Å². The van der Waals surface area contributed by atoms with Gasteiger partial charge in [-0.1, -0.05) is 43.9 Å². The number of nitrogens with zero attached hydrogens (tertiary/aromatic N) is 1. The van der Waals surface area contributed by atoms with Crippen LogP contribution in [-0.2, 0) is 14.3 Å². The minimum atomic E-state index is -1.01. The quantitative estimate of drug-likeness (QED) is 0.499. The van der Waals surface area contributed by atoms with Crippen LogP contribution in [0.5, 0.6) is 0 Å². The second kappa shape index (κ2) is 11.2. The fourth-order valence-electron chi connectivity index (χ4n) is 4.18. The first kappa shape index (κ1) is 26.2. The normalized spacial score (nSPS) is 16.2. The molecule has 1 aliphatic carbocycles. The van der Waals surface area contributed by atoms with E-state index in [1.54, 1.807) is 20.8 Å². The highest BCUT2D eigenvalue weighted by Crippen LogP contribution is 2.29. The molecule has 2 N–H and O–H groups in total. The lowest BCUT2D eigenvalue weighted by Gasteiger charge is -2.32. The van der Waals surface area contributed by atoms with Gasteiger partial charge in [0.25, 0.3) is 5.91 Å². The Morgan fingerprint density at radius 2 is 1.70 bits per heavy atom. The molecule has 1 saturated carbocycles. The summed E-state index contributed by atoms with van der Waals surface area (Å²) in [7, 11) is 0. The van der Waals surface area contributed by atoms with E-state index >= 15 is 0 Å². The first-order chi connectivity index (χ1) is 15.4. The van der Waals surface area contributed by atoms with Crippen molar-refractivity contribution in [2.75, 3.05) is 0 Å². The zero-order valence-electron chi connectivity index (χ0n) is 20.7. The van der Waals surface area contributed by atoms with E-state index < -0.39 is 29.7 Å². The number of carbonyl (C=O) groups excluding carboxylic acids is 3. The third-order valence-corrected chi connectivity index (χ3v) is 5.75. The molecule has 33 heavy (non-hydrogen) atoms. The van der Waals surface area contributed by atoms with Crippen molar-refractivity contribution in [3.63, 3.8) is 0 Å². The molecular weight excluding hydrogens is 418 g/mol. The van der Waals surface area contributed by atoms with E-state index in [-0.39, 0.29) is 11.9 Å². The monoisotopic (exact) mass is 455 g/mol. The third kappa shape index (κ3) is 7.24. The van der Waals surface area contributed by atoms with Crippen LogP contribution in [0.1, 0.15) is 82.5 Å². The number of aryl methyl sites for hydroxylation is 2. The van der Waals surface area contributed by atoms with Gasteiger partial charge < -0.3 is 15.4 Å². The van der Waals surface area contributed by atoms with Gasteiger partial charge in [0.05, 0.1) is 0 Å². The molecule has 2 atom stereocenters. The number of ether oxygens (including phenoxy) is 1. The minimum Gasteiger partial charge on any atom is -0.444 e. The second-order valence-corrected chi connectivity index (χ2v) is 9.76. The molecule has 180 valence electrons. The van der Waals surface area contributed by atoms with Crippen LogP contribution in [0.4, 0.5) is 4.79 Å². The lowest BCUT2D eigenvalue weighted by Crippen LogP contribution is -2.51. The van der Waals surface area contributed by atoms with Gasteiger partial charge in [-0.15, -0.1) is 0 Å². The third-order valence-electron chi connectivity index (χ3n) is 5.75. The summed E-state index contributed by atoms with van der Waals surface area (Å²) in [6, 6.07) is 6.17. The average Bonchev–Trinajstić information content (AvgIpc) is 2.71. The molecule has 3 amide bonds. The molecule has 0 aliphatic heterocycles. The molecule has 7 nitrogen and oxygen atoms in total. The summed E-state index contributed by atoms with van der Waals surface area (Å²) in [5, 5.41) is 5.64. The summed E-state index contributed by atoms with van der Waals surface area (Å²) >= 11 is 0. The summed E-state index contributed by atoms with van der Waals surface area (Å²) in [5.41, 5.74) is 1.71. The van der Waals surface area contributed by atoms with Gasteiger partial charge >= 0.3 is 6.09 Å². The van der Waals surface area contributed by atoms with Crippen LogP contribution in [0.3, 0.4) is 0 Å². The van der Waals surface area contributed by atoms with E-state index in [0.717, 1.165) is 48.1 Å². The molecular formula is C26H37N3O4. The molecule has 7 heteroatoms. The van der Waals surface area contributed by atoms with Crippen LogP contribution < -0.4 is 10.6 Å². The zero-order chi connectivity index (χ0) is 24.8. The van der Waals surface area contributed by atoms with Crippen molar-refractivity contribution in [3.8, 4) is 12.5 Å². The Labute approximate surface area is 197 Å². The Hall–Kier alpha value is -3.01. The van der Waals surface area contributed by atoms with Gasteiger partial charge in [-0.3, -0.25) is 14.5 Å². The molecule has 0 spiro atoms.